The van der Waals surface area contributed by atoms with Crippen LogP contribution in [0.4, 0.5) is 5.69 Å². The van der Waals surface area contributed by atoms with Crippen LogP contribution in [0.3, 0.4) is 0 Å². The molecular weight excluding hydrogens is 344 g/mol. The first kappa shape index (κ1) is 20.1. The molecule has 2 fully saturated rings. The number of ether oxygens (including phenoxy) is 1. The molecule has 0 spiro atoms. The van der Waals surface area contributed by atoms with Gasteiger partial charge < -0.3 is 14.7 Å². The summed E-state index contributed by atoms with van der Waals surface area (Å²) in [5.74, 6) is 0.566. The molecule has 2 saturated carbocycles. The lowest BCUT2D eigenvalue weighted by molar-refractivity contribution is -0.955. The fourth-order valence-electron chi connectivity index (χ4n) is 4.80. The Labute approximate surface area is 161 Å². The van der Waals surface area contributed by atoms with Crippen molar-refractivity contribution in [1.29, 1.82) is 0 Å². The molecule has 2 N–H and O–H groups in total. The topological polar surface area (TPSA) is 77.0 Å². The SMILES string of the molecule is O=[N+]([O-])c1ccc(OC[C@H](O)C[NH+](C2CCCCC2)C2CCCCC2)cc1. The number of rotatable bonds is 8. The van der Waals surface area contributed by atoms with Gasteiger partial charge in [0.2, 0.25) is 0 Å². The third kappa shape index (κ3) is 5.91. The number of non-ortho nitro benzene ring substituents is 1. The van der Waals surface area contributed by atoms with E-state index in [0.717, 1.165) is 6.54 Å². The number of hydrogen-bond donors (Lipinski definition) is 2. The number of aliphatic hydroxyl groups excluding tert-OH is 1. The van der Waals surface area contributed by atoms with Crippen molar-refractivity contribution in [1.82, 2.24) is 0 Å². The van der Waals surface area contributed by atoms with E-state index in [2.05, 4.69) is 0 Å². The first-order valence-corrected chi connectivity index (χ1v) is 10.5. The molecule has 0 bridgehead atoms. The highest BCUT2D eigenvalue weighted by Crippen LogP contribution is 2.20. The monoisotopic (exact) mass is 377 g/mol. The Hall–Kier alpha value is -1.66. The van der Waals surface area contributed by atoms with Crippen molar-refractivity contribution < 1.29 is 19.7 Å². The molecule has 0 amide bonds. The molecule has 0 aromatic heterocycles. The standard InChI is InChI=1S/C21H32N2O4/c24-20(16-27-21-13-11-19(12-14-21)23(25)26)15-22(17-7-3-1-4-8-17)18-9-5-2-6-10-18/h11-14,17-18,20,24H,1-10,15-16H2/p+1/t20-/m1/s1. The van der Waals surface area contributed by atoms with Crippen LogP contribution in [0.15, 0.2) is 24.3 Å². The molecule has 1 aromatic carbocycles. The fourth-order valence-corrected chi connectivity index (χ4v) is 4.80. The van der Waals surface area contributed by atoms with Crippen molar-refractivity contribution in [2.75, 3.05) is 13.2 Å². The van der Waals surface area contributed by atoms with Gasteiger partial charge in [0, 0.05) is 12.1 Å². The maximum atomic E-state index is 10.7. The van der Waals surface area contributed by atoms with Crippen LogP contribution in [-0.2, 0) is 0 Å². The minimum absolute atomic E-state index is 0.0492. The summed E-state index contributed by atoms with van der Waals surface area (Å²) in [7, 11) is 0. The molecule has 1 aromatic rings. The van der Waals surface area contributed by atoms with E-state index in [1.165, 1.54) is 76.3 Å². The van der Waals surface area contributed by atoms with E-state index in [-0.39, 0.29) is 12.3 Å². The summed E-state index contributed by atoms with van der Waals surface area (Å²) < 4.78 is 5.69. The number of hydrogen-bond acceptors (Lipinski definition) is 4. The number of nitrogens with one attached hydrogen (secondary N) is 1. The van der Waals surface area contributed by atoms with Gasteiger partial charge in [-0.2, -0.15) is 0 Å². The molecule has 2 aliphatic carbocycles. The number of nitro benzene ring substituents is 1. The molecule has 1 atom stereocenters. The number of nitro groups is 1. The summed E-state index contributed by atoms with van der Waals surface area (Å²) >= 11 is 0. The summed E-state index contributed by atoms with van der Waals surface area (Å²) in [4.78, 5) is 11.9. The van der Waals surface area contributed by atoms with Crippen LogP contribution in [0, 0.1) is 10.1 Å². The second-order valence-corrected chi connectivity index (χ2v) is 8.16. The van der Waals surface area contributed by atoms with Gasteiger partial charge in [-0.15, -0.1) is 0 Å². The van der Waals surface area contributed by atoms with Gasteiger partial charge in [0.25, 0.3) is 5.69 Å². The molecule has 0 unspecified atom stereocenters. The first-order valence-electron chi connectivity index (χ1n) is 10.5. The smallest absolute Gasteiger partial charge is 0.269 e. The number of benzene rings is 1. The highest BCUT2D eigenvalue weighted by atomic mass is 16.6. The van der Waals surface area contributed by atoms with E-state index >= 15 is 0 Å². The largest absolute Gasteiger partial charge is 0.491 e. The lowest BCUT2D eigenvalue weighted by Gasteiger charge is -2.39. The summed E-state index contributed by atoms with van der Waals surface area (Å²) in [5, 5.41) is 21.4. The third-order valence-electron chi connectivity index (χ3n) is 6.22. The lowest BCUT2D eigenvalue weighted by Crippen LogP contribution is -3.20. The number of quaternary nitrogens is 1. The summed E-state index contributed by atoms with van der Waals surface area (Å²) in [5.41, 5.74) is 0.0492. The van der Waals surface area contributed by atoms with E-state index in [1.807, 2.05) is 0 Å². The molecule has 6 nitrogen and oxygen atoms in total. The Morgan fingerprint density at radius 3 is 2.00 bits per heavy atom. The quantitative estimate of drug-likeness (QED) is 0.539. The van der Waals surface area contributed by atoms with E-state index in [9.17, 15) is 15.2 Å². The summed E-state index contributed by atoms with van der Waals surface area (Å²) in [6.07, 6.45) is 12.6. The minimum Gasteiger partial charge on any atom is -0.491 e. The minimum atomic E-state index is -0.515. The van der Waals surface area contributed by atoms with Gasteiger partial charge in [-0.1, -0.05) is 12.8 Å². The average molecular weight is 378 g/mol. The normalized spacial score (nSPS) is 20.5. The average Bonchev–Trinajstić information content (AvgIpc) is 2.72. The Bertz CT molecular complexity index is 562. The van der Waals surface area contributed by atoms with Gasteiger partial charge in [0.1, 0.15) is 25.0 Å². The van der Waals surface area contributed by atoms with Crippen LogP contribution in [0.25, 0.3) is 0 Å². The number of aliphatic hydroxyl groups is 1. The number of nitrogens with zero attached hydrogens (tertiary/aromatic N) is 1. The second kappa shape index (κ2) is 10.0. The molecule has 27 heavy (non-hydrogen) atoms. The van der Waals surface area contributed by atoms with Crippen molar-refractivity contribution in [3.8, 4) is 5.75 Å². The maximum Gasteiger partial charge on any atom is 0.269 e. The molecule has 0 saturated heterocycles. The van der Waals surface area contributed by atoms with Crippen LogP contribution >= 0.6 is 0 Å². The Morgan fingerprint density at radius 2 is 1.52 bits per heavy atom. The van der Waals surface area contributed by atoms with Crippen LogP contribution < -0.4 is 9.64 Å². The first-order chi connectivity index (χ1) is 13.1. The molecule has 150 valence electrons. The molecule has 0 heterocycles. The molecule has 3 rings (SSSR count). The zero-order valence-corrected chi connectivity index (χ0v) is 16.1. The predicted octanol–water partition coefficient (Wildman–Crippen LogP) is 2.88. The van der Waals surface area contributed by atoms with E-state index in [1.54, 1.807) is 17.0 Å². The van der Waals surface area contributed by atoms with Crippen LogP contribution in [0.1, 0.15) is 64.2 Å². The Balaban J connectivity index is 1.54. The lowest BCUT2D eigenvalue weighted by atomic mass is 9.88. The van der Waals surface area contributed by atoms with Crippen LogP contribution in [-0.4, -0.2) is 41.4 Å². The molecule has 6 heteroatoms. The fraction of sp³-hybridized carbons (Fsp3) is 0.714. The third-order valence-corrected chi connectivity index (χ3v) is 6.22. The molecular formula is C21H33N2O4+. The van der Waals surface area contributed by atoms with E-state index < -0.39 is 11.0 Å². The van der Waals surface area contributed by atoms with Crippen LogP contribution in [0.5, 0.6) is 5.75 Å². The highest BCUT2D eigenvalue weighted by molar-refractivity contribution is 5.35. The van der Waals surface area contributed by atoms with Gasteiger partial charge in [0.05, 0.1) is 17.0 Å². The predicted molar refractivity (Wildman–Crippen MR) is 104 cm³/mol. The zero-order chi connectivity index (χ0) is 19.1. The van der Waals surface area contributed by atoms with Gasteiger partial charge in [-0.05, 0) is 63.5 Å². The Morgan fingerprint density at radius 1 is 1.00 bits per heavy atom. The zero-order valence-electron chi connectivity index (χ0n) is 16.1. The molecule has 0 aliphatic heterocycles. The summed E-state index contributed by atoms with van der Waals surface area (Å²) in [6.45, 7) is 0.975. The van der Waals surface area contributed by atoms with Crippen molar-refractivity contribution in [2.45, 2.75) is 82.4 Å². The van der Waals surface area contributed by atoms with Crippen molar-refractivity contribution in [3.05, 3.63) is 34.4 Å². The van der Waals surface area contributed by atoms with Crippen molar-refractivity contribution in [2.24, 2.45) is 0 Å². The van der Waals surface area contributed by atoms with E-state index in [0.29, 0.717) is 17.8 Å². The maximum absolute atomic E-state index is 10.7. The van der Waals surface area contributed by atoms with Gasteiger partial charge in [-0.3, -0.25) is 10.1 Å². The van der Waals surface area contributed by atoms with Crippen molar-refractivity contribution >= 4 is 5.69 Å². The van der Waals surface area contributed by atoms with E-state index in [4.69, 9.17) is 4.74 Å². The van der Waals surface area contributed by atoms with Crippen LogP contribution in [0.2, 0.25) is 0 Å². The van der Waals surface area contributed by atoms with Gasteiger partial charge >= 0.3 is 0 Å². The Kier molecular flexibility index (Phi) is 7.47. The van der Waals surface area contributed by atoms with Gasteiger partial charge in [-0.25, -0.2) is 0 Å². The second-order valence-electron chi connectivity index (χ2n) is 8.16. The van der Waals surface area contributed by atoms with Crippen molar-refractivity contribution in [3.63, 3.8) is 0 Å². The molecule has 0 radical (unpaired) electrons. The molecule has 2 aliphatic rings. The summed E-state index contributed by atoms with van der Waals surface area (Å²) in [6, 6.07) is 7.41. The highest BCUT2D eigenvalue weighted by Gasteiger charge is 2.33. The van der Waals surface area contributed by atoms with Gasteiger partial charge in [0.15, 0.2) is 0 Å².